The molecule has 30 heavy (non-hydrogen) atoms. The SMILES string of the molecule is Cc1nn(CC(C)C)c(C)c1CCC(=O)N1CCN(c2ncnc3sccc23)CC1. The highest BCUT2D eigenvalue weighted by Gasteiger charge is 2.24. The van der Waals surface area contributed by atoms with Gasteiger partial charge in [0.25, 0.3) is 0 Å². The molecule has 1 saturated heterocycles. The molecule has 3 aromatic heterocycles. The van der Waals surface area contributed by atoms with E-state index in [2.05, 4.69) is 63.8 Å². The average Bonchev–Trinajstić information content (AvgIpc) is 3.31. The molecule has 0 saturated carbocycles. The zero-order valence-corrected chi connectivity index (χ0v) is 19.1. The first kappa shape index (κ1) is 20.8. The van der Waals surface area contributed by atoms with Crippen LogP contribution in [0.1, 0.15) is 37.2 Å². The molecule has 0 N–H and O–H groups in total. The van der Waals surface area contributed by atoms with Crippen molar-refractivity contribution in [1.29, 1.82) is 0 Å². The van der Waals surface area contributed by atoms with Crippen LogP contribution in [0.15, 0.2) is 17.8 Å². The van der Waals surface area contributed by atoms with Gasteiger partial charge in [0, 0.05) is 44.8 Å². The summed E-state index contributed by atoms with van der Waals surface area (Å²) in [4.78, 5) is 27.0. The number of carbonyl (C=O) groups excluding carboxylic acids is 1. The van der Waals surface area contributed by atoms with Crippen molar-refractivity contribution in [3.8, 4) is 0 Å². The van der Waals surface area contributed by atoms with Crippen LogP contribution in [0.2, 0.25) is 0 Å². The first-order valence-electron chi connectivity index (χ1n) is 10.7. The first-order chi connectivity index (χ1) is 14.4. The van der Waals surface area contributed by atoms with E-state index in [0.717, 1.165) is 60.9 Å². The number of thiophene rings is 1. The number of anilines is 1. The molecule has 160 valence electrons. The average molecular weight is 427 g/mol. The molecule has 7 nitrogen and oxygen atoms in total. The molecule has 0 spiro atoms. The highest BCUT2D eigenvalue weighted by Crippen LogP contribution is 2.27. The number of aryl methyl sites for hydroxylation is 1. The fraction of sp³-hybridized carbons (Fsp3) is 0.545. The number of nitrogens with zero attached hydrogens (tertiary/aromatic N) is 6. The lowest BCUT2D eigenvalue weighted by Gasteiger charge is -2.35. The number of fused-ring (bicyclic) bond motifs is 1. The van der Waals surface area contributed by atoms with Gasteiger partial charge in [-0.25, -0.2) is 9.97 Å². The molecule has 4 rings (SSSR count). The van der Waals surface area contributed by atoms with Crippen molar-refractivity contribution >= 4 is 33.3 Å². The highest BCUT2D eigenvalue weighted by atomic mass is 32.1. The molecule has 0 aromatic carbocycles. The lowest BCUT2D eigenvalue weighted by atomic mass is 10.1. The Morgan fingerprint density at radius 2 is 1.93 bits per heavy atom. The van der Waals surface area contributed by atoms with Crippen LogP contribution in [-0.2, 0) is 17.8 Å². The maximum atomic E-state index is 12.8. The second-order valence-electron chi connectivity index (χ2n) is 8.43. The van der Waals surface area contributed by atoms with Crippen molar-refractivity contribution in [3.05, 3.63) is 34.7 Å². The van der Waals surface area contributed by atoms with Gasteiger partial charge < -0.3 is 9.80 Å². The Bertz CT molecular complexity index is 1030. The van der Waals surface area contributed by atoms with Gasteiger partial charge in [0.1, 0.15) is 17.0 Å². The summed E-state index contributed by atoms with van der Waals surface area (Å²) in [6.45, 7) is 12.6. The topological polar surface area (TPSA) is 67.2 Å². The number of aromatic nitrogens is 4. The molecular formula is C22H30N6OS. The summed E-state index contributed by atoms with van der Waals surface area (Å²) in [5, 5.41) is 7.83. The summed E-state index contributed by atoms with van der Waals surface area (Å²) in [7, 11) is 0. The van der Waals surface area contributed by atoms with Gasteiger partial charge in [-0.1, -0.05) is 13.8 Å². The summed E-state index contributed by atoms with van der Waals surface area (Å²) >= 11 is 1.63. The lowest BCUT2D eigenvalue weighted by Crippen LogP contribution is -2.49. The van der Waals surface area contributed by atoms with E-state index in [1.54, 1.807) is 17.7 Å². The highest BCUT2D eigenvalue weighted by molar-refractivity contribution is 7.16. The van der Waals surface area contributed by atoms with E-state index in [-0.39, 0.29) is 5.91 Å². The summed E-state index contributed by atoms with van der Waals surface area (Å²) in [5.74, 6) is 1.77. The van der Waals surface area contributed by atoms with Crippen molar-refractivity contribution in [3.63, 3.8) is 0 Å². The van der Waals surface area contributed by atoms with Crippen LogP contribution in [0, 0.1) is 19.8 Å². The minimum Gasteiger partial charge on any atom is -0.352 e. The zero-order valence-electron chi connectivity index (χ0n) is 18.3. The van der Waals surface area contributed by atoms with Gasteiger partial charge in [-0.3, -0.25) is 9.48 Å². The van der Waals surface area contributed by atoms with Crippen molar-refractivity contribution in [2.24, 2.45) is 5.92 Å². The van der Waals surface area contributed by atoms with Crippen LogP contribution in [0.4, 0.5) is 5.82 Å². The second-order valence-corrected chi connectivity index (χ2v) is 9.32. The van der Waals surface area contributed by atoms with Crippen molar-refractivity contribution < 1.29 is 4.79 Å². The van der Waals surface area contributed by atoms with Crippen molar-refractivity contribution in [1.82, 2.24) is 24.6 Å². The Kier molecular flexibility index (Phi) is 6.04. The summed E-state index contributed by atoms with van der Waals surface area (Å²) < 4.78 is 2.09. The molecule has 1 fully saturated rings. The van der Waals surface area contributed by atoms with E-state index in [4.69, 9.17) is 0 Å². The quantitative estimate of drug-likeness (QED) is 0.604. The van der Waals surface area contributed by atoms with Crippen LogP contribution in [0.3, 0.4) is 0 Å². The minimum atomic E-state index is 0.230. The first-order valence-corrected chi connectivity index (χ1v) is 11.6. The zero-order chi connectivity index (χ0) is 21.3. The molecule has 0 aliphatic carbocycles. The Hall–Kier alpha value is -2.48. The third-order valence-corrected chi connectivity index (χ3v) is 6.65. The van der Waals surface area contributed by atoms with Gasteiger partial charge in [0.15, 0.2) is 0 Å². The lowest BCUT2D eigenvalue weighted by molar-refractivity contribution is -0.131. The van der Waals surface area contributed by atoms with Crippen LogP contribution >= 0.6 is 11.3 Å². The maximum Gasteiger partial charge on any atom is 0.223 e. The molecule has 0 radical (unpaired) electrons. The molecule has 3 aromatic rings. The normalized spacial score (nSPS) is 14.8. The Balaban J connectivity index is 1.34. The van der Waals surface area contributed by atoms with Gasteiger partial charge in [0.05, 0.1) is 11.1 Å². The van der Waals surface area contributed by atoms with Crippen molar-refractivity contribution in [2.75, 3.05) is 31.1 Å². The Morgan fingerprint density at radius 1 is 1.17 bits per heavy atom. The monoisotopic (exact) mass is 426 g/mol. The van der Waals surface area contributed by atoms with Crippen molar-refractivity contribution in [2.45, 2.75) is 47.1 Å². The van der Waals surface area contributed by atoms with Gasteiger partial charge in [-0.15, -0.1) is 11.3 Å². The summed E-state index contributed by atoms with van der Waals surface area (Å²) in [5.41, 5.74) is 3.47. The van der Waals surface area contributed by atoms with E-state index >= 15 is 0 Å². The molecule has 0 bridgehead atoms. The van der Waals surface area contributed by atoms with Gasteiger partial charge in [-0.05, 0) is 43.2 Å². The standard InChI is InChI=1S/C22H30N6OS/c1-15(2)13-28-17(4)18(16(3)25-28)5-6-20(29)26-8-10-27(11-9-26)21-19-7-12-30-22(19)24-14-23-21/h7,12,14-15H,5-6,8-11,13H2,1-4H3. The van der Waals surface area contributed by atoms with Crippen LogP contribution < -0.4 is 4.90 Å². The van der Waals surface area contributed by atoms with E-state index in [1.807, 2.05) is 4.90 Å². The molecule has 1 amide bonds. The molecule has 1 aliphatic rings. The van der Waals surface area contributed by atoms with Crippen LogP contribution in [0.25, 0.3) is 10.2 Å². The molecule has 8 heteroatoms. The van der Waals surface area contributed by atoms with Gasteiger partial charge >= 0.3 is 0 Å². The fourth-order valence-corrected chi connectivity index (χ4v) is 4.93. The number of amides is 1. The number of carbonyl (C=O) groups is 1. The predicted molar refractivity (Wildman–Crippen MR) is 121 cm³/mol. The number of hydrogen-bond donors (Lipinski definition) is 0. The number of piperazine rings is 1. The maximum absolute atomic E-state index is 12.8. The van der Waals surface area contributed by atoms with E-state index in [1.165, 1.54) is 11.3 Å². The van der Waals surface area contributed by atoms with E-state index in [0.29, 0.717) is 12.3 Å². The summed E-state index contributed by atoms with van der Waals surface area (Å²) in [6, 6.07) is 2.08. The molecule has 0 unspecified atom stereocenters. The molecular weight excluding hydrogens is 396 g/mol. The Morgan fingerprint density at radius 3 is 2.67 bits per heavy atom. The summed E-state index contributed by atoms with van der Waals surface area (Å²) in [6.07, 6.45) is 2.93. The van der Waals surface area contributed by atoms with Gasteiger partial charge in [0.2, 0.25) is 5.91 Å². The molecule has 4 heterocycles. The minimum absolute atomic E-state index is 0.230. The third-order valence-electron chi connectivity index (χ3n) is 5.83. The van der Waals surface area contributed by atoms with E-state index < -0.39 is 0 Å². The second kappa shape index (κ2) is 8.71. The molecule has 0 atom stereocenters. The number of rotatable bonds is 6. The van der Waals surface area contributed by atoms with E-state index in [9.17, 15) is 4.79 Å². The van der Waals surface area contributed by atoms with Crippen LogP contribution in [-0.4, -0.2) is 56.7 Å². The largest absolute Gasteiger partial charge is 0.352 e. The van der Waals surface area contributed by atoms with Crippen LogP contribution in [0.5, 0.6) is 0 Å². The smallest absolute Gasteiger partial charge is 0.223 e. The fourth-order valence-electron chi connectivity index (χ4n) is 4.21. The third kappa shape index (κ3) is 4.19. The van der Waals surface area contributed by atoms with Gasteiger partial charge in [-0.2, -0.15) is 5.10 Å². The number of hydrogen-bond acceptors (Lipinski definition) is 6. The predicted octanol–water partition coefficient (Wildman–Crippen LogP) is 3.44. The molecule has 1 aliphatic heterocycles. The Labute approximate surface area is 181 Å².